The Morgan fingerprint density at radius 2 is 1.49 bits per heavy atom. The second-order valence-electron chi connectivity index (χ2n) is 10.6. The van der Waals surface area contributed by atoms with Crippen molar-refractivity contribution in [3.8, 4) is 11.5 Å². The SMILES string of the molecule is COc1cc(O)ccc1/C=C(/NC(=O)c1ccccc1)C(=O)Nc1cccc(SC(C(=O)Nc2ccccc2C(N)=O)c2ccccc2)c1. The Balaban J connectivity index is 1.41. The number of primary amides is 1. The van der Waals surface area contributed by atoms with E-state index in [4.69, 9.17) is 10.5 Å². The fourth-order valence-electron chi connectivity index (χ4n) is 4.80. The summed E-state index contributed by atoms with van der Waals surface area (Å²) in [6.45, 7) is 0. The van der Waals surface area contributed by atoms with Gasteiger partial charge in [0.2, 0.25) is 5.91 Å². The highest BCUT2D eigenvalue weighted by atomic mass is 32.2. The van der Waals surface area contributed by atoms with Crippen LogP contribution >= 0.6 is 11.8 Å². The summed E-state index contributed by atoms with van der Waals surface area (Å²) in [6, 6.07) is 35.4. The van der Waals surface area contributed by atoms with Crippen LogP contribution in [0.3, 0.4) is 0 Å². The van der Waals surface area contributed by atoms with Gasteiger partial charge in [-0.2, -0.15) is 0 Å². The Bertz CT molecular complexity index is 2020. The Morgan fingerprint density at radius 1 is 0.796 bits per heavy atom. The monoisotopic (exact) mass is 672 g/mol. The number of carbonyl (C=O) groups excluding carboxylic acids is 4. The number of rotatable bonds is 12. The Kier molecular flexibility index (Phi) is 11.1. The number of amides is 4. The van der Waals surface area contributed by atoms with Crippen LogP contribution in [0.25, 0.3) is 6.08 Å². The molecule has 49 heavy (non-hydrogen) atoms. The number of methoxy groups -OCH3 is 1. The van der Waals surface area contributed by atoms with Crippen molar-refractivity contribution in [2.75, 3.05) is 17.7 Å². The first-order valence-corrected chi connectivity index (χ1v) is 15.9. The van der Waals surface area contributed by atoms with E-state index in [-0.39, 0.29) is 22.9 Å². The molecule has 11 heteroatoms. The quantitative estimate of drug-likeness (QED) is 0.0759. The Labute approximate surface area is 287 Å². The van der Waals surface area contributed by atoms with E-state index in [1.165, 1.54) is 43.1 Å². The summed E-state index contributed by atoms with van der Waals surface area (Å²) in [7, 11) is 1.43. The van der Waals surface area contributed by atoms with E-state index in [0.29, 0.717) is 38.7 Å². The number of phenols is 1. The summed E-state index contributed by atoms with van der Waals surface area (Å²) >= 11 is 1.25. The van der Waals surface area contributed by atoms with Gasteiger partial charge in [0.1, 0.15) is 22.4 Å². The summed E-state index contributed by atoms with van der Waals surface area (Å²) in [5.41, 5.74) is 7.84. The van der Waals surface area contributed by atoms with E-state index in [9.17, 15) is 24.3 Å². The molecule has 0 aromatic heterocycles. The summed E-state index contributed by atoms with van der Waals surface area (Å²) in [6.07, 6.45) is 1.45. The normalized spacial score (nSPS) is 11.6. The van der Waals surface area contributed by atoms with Crippen LogP contribution in [0.15, 0.2) is 138 Å². The average Bonchev–Trinajstić information content (AvgIpc) is 3.11. The van der Waals surface area contributed by atoms with Crippen LogP contribution in [0.5, 0.6) is 11.5 Å². The van der Waals surface area contributed by atoms with Gasteiger partial charge in [0.15, 0.2) is 0 Å². The van der Waals surface area contributed by atoms with Crippen molar-refractivity contribution in [3.05, 3.63) is 155 Å². The first kappa shape index (κ1) is 34.0. The van der Waals surface area contributed by atoms with E-state index in [1.54, 1.807) is 78.9 Å². The zero-order valence-electron chi connectivity index (χ0n) is 26.3. The van der Waals surface area contributed by atoms with E-state index in [1.807, 2.05) is 30.3 Å². The van der Waals surface area contributed by atoms with Crippen molar-refractivity contribution < 1.29 is 29.0 Å². The molecule has 0 aliphatic rings. The van der Waals surface area contributed by atoms with Crippen molar-refractivity contribution >= 4 is 52.8 Å². The first-order valence-electron chi connectivity index (χ1n) is 15.0. The lowest BCUT2D eigenvalue weighted by Crippen LogP contribution is -2.30. The van der Waals surface area contributed by atoms with Gasteiger partial charge in [0, 0.05) is 27.8 Å². The molecule has 0 radical (unpaired) electrons. The number of aromatic hydroxyl groups is 1. The fourth-order valence-corrected chi connectivity index (χ4v) is 5.89. The largest absolute Gasteiger partial charge is 0.508 e. The van der Waals surface area contributed by atoms with Gasteiger partial charge < -0.3 is 31.5 Å². The molecule has 0 saturated carbocycles. The molecule has 1 unspecified atom stereocenters. The van der Waals surface area contributed by atoms with Crippen molar-refractivity contribution in [1.82, 2.24) is 5.32 Å². The molecule has 0 aliphatic carbocycles. The molecule has 5 aromatic carbocycles. The molecule has 4 amide bonds. The first-order chi connectivity index (χ1) is 23.7. The molecular formula is C38H32N4O6S. The maximum atomic E-state index is 13.7. The molecule has 0 heterocycles. The van der Waals surface area contributed by atoms with Gasteiger partial charge in [-0.1, -0.05) is 66.7 Å². The standard InChI is InChI=1S/C38H32N4O6S/c1-48-33-23-28(43)20-19-26(33)21-32(42-36(45)25-13-6-3-7-14-25)37(46)40-27-15-10-16-29(22-27)49-34(24-11-4-2-5-12-24)38(47)41-31-18-9-8-17-30(31)35(39)44/h2-23,34,43H,1H3,(H2,39,44)(H,40,46)(H,41,47)(H,42,45)/b32-21+. The molecule has 5 aromatic rings. The molecule has 0 saturated heterocycles. The number of carbonyl (C=O) groups is 4. The van der Waals surface area contributed by atoms with Crippen LogP contribution in [-0.2, 0) is 9.59 Å². The number of hydrogen-bond donors (Lipinski definition) is 5. The van der Waals surface area contributed by atoms with Gasteiger partial charge in [0.25, 0.3) is 17.7 Å². The van der Waals surface area contributed by atoms with Gasteiger partial charge in [-0.15, -0.1) is 11.8 Å². The van der Waals surface area contributed by atoms with Crippen molar-refractivity contribution in [3.63, 3.8) is 0 Å². The smallest absolute Gasteiger partial charge is 0.272 e. The lowest BCUT2D eigenvalue weighted by Gasteiger charge is -2.19. The summed E-state index contributed by atoms with van der Waals surface area (Å²) in [5, 5.41) is 17.5. The molecule has 0 fully saturated rings. The number of nitrogens with two attached hydrogens (primary N) is 1. The maximum Gasteiger partial charge on any atom is 0.272 e. The molecule has 0 bridgehead atoms. The summed E-state index contributed by atoms with van der Waals surface area (Å²) in [5.74, 6) is -1.90. The molecule has 1 atom stereocenters. The summed E-state index contributed by atoms with van der Waals surface area (Å²) in [4.78, 5) is 53.1. The molecular weight excluding hydrogens is 641 g/mol. The number of thioether (sulfide) groups is 1. The van der Waals surface area contributed by atoms with Crippen molar-refractivity contribution in [2.45, 2.75) is 10.1 Å². The van der Waals surface area contributed by atoms with Gasteiger partial charge in [-0.25, -0.2) is 0 Å². The number of benzene rings is 5. The molecule has 5 rings (SSSR count). The number of phenolic OH excluding ortho intramolecular Hbond substituents is 1. The minimum absolute atomic E-state index is 0.0257. The van der Waals surface area contributed by atoms with Gasteiger partial charge in [0.05, 0.1) is 18.4 Å². The number of anilines is 2. The topological polar surface area (TPSA) is 160 Å². The fraction of sp³-hybridized carbons (Fsp3) is 0.0526. The number of nitrogens with one attached hydrogen (secondary N) is 3. The Hall–Kier alpha value is -6.33. The highest BCUT2D eigenvalue weighted by Gasteiger charge is 2.24. The average molecular weight is 673 g/mol. The second-order valence-corrected chi connectivity index (χ2v) is 11.8. The van der Waals surface area contributed by atoms with Crippen LogP contribution in [0.1, 0.15) is 37.1 Å². The zero-order valence-corrected chi connectivity index (χ0v) is 27.1. The predicted octanol–water partition coefficient (Wildman–Crippen LogP) is 6.38. The van der Waals surface area contributed by atoms with Crippen LogP contribution in [0.4, 0.5) is 11.4 Å². The van der Waals surface area contributed by atoms with Crippen LogP contribution in [0, 0.1) is 0 Å². The predicted molar refractivity (Wildman–Crippen MR) is 190 cm³/mol. The molecule has 0 aliphatic heterocycles. The third-order valence-electron chi connectivity index (χ3n) is 7.18. The maximum absolute atomic E-state index is 13.7. The minimum Gasteiger partial charge on any atom is -0.508 e. The molecule has 0 spiro atoms. The highest BCUT2D eigenvalue weighted by molar-refractivity contribution is 8.00. The Morgan fingerprint density at radius 3 is 2.20 bits per heavy atom. The van der Waals surface area contributed by atoms with Crippen molar-refractivity contribution in [1.29, 1.82) is 0 Å². The lowest BCUT2D eigenvalue weighted by atomic mass is 10.1. The minimum atomic E-state index is -0.740. The second kappa shape index (κ2) is 16.0. The van der Waals surface area contributed by atoms with Gasteiger partial charge in [-0.3, -0.25) is 19.2 Å². The van der Waals surface area contributed by atoms with Crippen LogP contribution in [-0.4, -0.2) is 35.8 Å². The number of hydrogen-bond acceptors (Lipinski definition) is 7. The van der Waals surface area contributed by atoms with E-state index >= 15 is 0 Å². The molecule has 6 N–H and O–H groups in total. The lowest BCUT2D eigenvalue weighted by molar-refractivity contribution is -0.116. The number of ether oxygens (including phenoxy) is 1. The zero-order chi connectivity index (χ0) is 34.8. The molecule has 10 nitrogen and oxygen atoms in total. The highest BCUT2D eigenvalue weighted by Crippen LogP contribution is 2.37. The van der Waals surface area contributed by atoms with Gasteiger partial charge in [-0.05, 0) is 66.2 Å². The van der Waals surface area contributed by atoms with Crippen LogP contribution in [0.2, 0.25) is 0 Å². The van der Waals surface area contributed by atoms with E-state index in [2.05, 4.69) is 16.0 Å². The van der Waals surface area contributed by atoms with Gasteiger partial charge >= 0.3 is 0 Å². The molecule has 246 valence electrons. The third kappa shape index (κ3) is 8.93. The summed E-state index contributed by atoms with van der Waals surface area (Å²) < 4.78 is 5.37. The third-order valence-corrected chi connectivity index (χ3v) is 8.43. The van der Waals surface area contributed by atoms with E-state index < -0.39 is 23.0 Å². The van der Waals surface area contributed by atoms with Crippen molar-refractivity contribution in [2.24, 2.45) is 5.73 Å². The van der Waals surface area contributed by atoms with E-state index in [0.717, 1.165) is 0 Å². The number of para-hydroxylation sites is 1. The van der Waals surface area contributed by atoms with Crippen LogP contribution < -0.4 is 26.4 Å².